The molecule has 0 aromatic rings. The number of fused-ring (bicyclic) bond motifs is 3. The van der Waals surface area contributed by atoms with E-state index in [1.165, 1.54) is 6.42 Å². The standard InChI is InChI=1S/C23H36O6/c1-5-6-7-8-9-10-18(25)29-16-13-15-14-28-20(26)23(15,27)22(4)17(24)11-12-21(2,3)19(16)22/h13,16-17,19,24,27H,5-12,14H2,1-4H3. The number of aliphatic hydroxyl groups is 2. The molecule has 29 heavy (non-hydrogen) atoms. The minimum Gasteiger partial charge on any atom is -0.459 e. The molecule has 1 heterocycles. The van der Waals surface area contributed by atoms with E-state index in [4.69, 9.17) is 9.47 Å². The van der Waals surface area contributed by atoms with Gasteiger partial charge in [0.05, 0.1) is 6.10 Å². The third kappa shape index (κ3) is 3.52. The van der Waals surface area contributed by atoms with Crippen LogP contribution >= 0.6 is 0 Å². The Bertz CT molecular complexity index is 683. The zero-order chi connectivity index (χ0) is 21.4. The van der Waals surface area contributed by atoms with Gasteiger partial charge in [-0.05, 0) is 30.8 Å². The van der Waals surface area contributed by atoms with Gasteiger partial charge in [0.1, 0.15) is 12.7 Å². The molecule has 6 heteroatoms. The van der Waals surface area contributed by atoms with Crippen molar-refractivity contribution in [2.45, 2.75) is 96.9 Å². The quantitative estimate of drug-likeness (QED) is 0.381. The van der Waals surface area contributed by atoms with Crippen molar-refractivity contribution in [1.82, 2.24) is 0 Å². The van der Waals surface area contributed by atoms with Crippen molar-refractivity contribution in [1.29, 1.82) is 0 Å². The molecule has 0 aromatic heterocycles. The fourth-order valence-electron chi connectivity index (χ4n) is 5.93. The average molecular weight is 409 g/mol. The number of ether oxygens (including phenoxy) is 2. The molecule has 0 aromatic carbocycles. The largest absolute Gasteiger partial charge is 0.459 e. The molecule has 0 bridgehead atoms. The van der Waals surface area contributed by atoms with Crippen molar-refractivity contribution < 1.29 is 29.3 Å². The van der Waals surface area contributed by atoms with Gasteiger partial charge in [-0.3, -0.25) is 4.79 Å². The van der Waals surface area contributed by atoms with E-state index in [0.717, 1.165) is 25.7 Å². The first-order chi connectivity index (χ1) is 13.6. The summed E-state index contributed by atoms with van der Waals surface area (Å²) in [5.41, 5.74) is -2.99. The molecule has 1 saturated carbocycles. The van der Waals surface area contributed by atoms with Gasteiger partial charge in [-0.2, -0.15) is 0 Å². The highest BCUT2D eigenvalue weighted by Gasteiger charge is 2.72. The molecule has 6 nitrogen and oxygen atoms in total. The molecule has 5 unspecified atom stereocenters. The highest BCUT2D eigenvalue weighted by atomic mass is 16.6. The molecule has 2 fully saturated rings. The second-order valence-electron chi connectivity index (χ2n) is 9.90. The zero-order valence-corrected chi connectivity index (χ0v) is 18.2. The van der Waals surface area contributed by atoms with Gasteiger partial charge < -0.3 is 19.7 Å². The number of unbranched alkanes of at least 4 members (excludes halogenated alkanes) is 4. The monoisotopic (exact) mass is 408 g/mol. The van der Waals surface area contributed by atoms with Crippen LogP contribution in [0.4, 0.5) is 0 Å². The summed E-state index contributed by atoms with van der Waals surface area (Å²) < 4.78 is 11.1. The number of carbonyl (C=O) groups excluding carboxylic acids is 2. The Balaban J connectivity index is 1.86. The van der Waals surface area contributed by atoms with Crippen LogP contribution in [0.15, 0.2) is 11.6 Å². The summed E-state index contributed by atoms with van der Waals surface area (Å²) in [6.07, 6.45) is 6.99. The molecule has 1 aliphatic heterocycles. The van der Waals surface area contributed by atoms with Gasteiger partial charge in [0.15, 0.2) is 5.60 Å². The molecule has 0 radical (unpaired) electrons. The lowest BCUT2D eigenvalue weighted by Crippen LogP contribution is -2.69. The van der Waals surface area contributed by atoms with E-state index in [0.29, 0.717) is 24.8 Å². The van der Waals surface area contributed by atoms with Gasteiger partial charge in [0, 0.05) is 23.3 Å². The number of hydrogen-bond donors (Lipinski definition) is 2. The predicted molar refractivity (Wildman–Crippen MR) is 108 cm³/mol. The van der Waals surface area contributed by atoms with Gasteiger partial charge in [-0.15, -0.1) is 0 Å². The van der Waals surface area contributed by atoms with E-state index in [-0.39, 0.29) is 18.0 Å². The molecule has 0 amide bonds. The van der Waals surface area contributed by atoms with Crippen LogP contribution in [0, 0.1) is 16.7 Å². The van der Waals surface area contributed by atoms with Gasteiger partial charge in [-0.1, -0.05) is 53.4 Å². The second-order valence-corrected chi connectivity index (χ2v) is 9.90. The van der Waals surface area contributed by atoms with Gasteiger partial charge in [0.2, 0.25) is 0 Å². The average Bonchev–Trinajstić information content (AvgIpc) is 2.94. The maximum Gasteiger partial charge on any atom is 0.343 e. The Morgan fingerprint density at radius 2 is 1.93 bits per heavy atom. The molecular formula is C23H36O6. The first-order valence-electron chi connectivity index (χ1n) is 11.1. The molecule has 2 N–H and O–H groups in total. The fourth-order valence-corrected chi connectivity index (χ4v) is 5.93. The first-order valence-corrected chi connectivity index (χ1v) is 11.1. The summed E-state index contributed by atoms with van der Waals surface area (Å²) in [4.78, 5) is 25.1. The lowest BCUT2D eigenvalue weighted by atomic mass is 9.45. The van der Waals surface area contributed by atoms with E-state index in [2.05, 4.69) is 20.8 Å². The maximum absolute atomic E-state index is 12.6. The molecule has 1 saturated heterocycles. The summed E-state index contributed by atoms with van der Waals surface area (Å²) in [6.45, 7) is 7.97. The molecule has 3 aliphatic rings. The third-order valence-electron chi connectivity index (χ3n) is 7.59. The van der Waals surface area contributed by atoms with E-state index < -0.39 is 35.1 Å². The number of rotatable bonds is 7. The van der Waals surface area contributed by atoms with Gasteiger partial charge in [0.25, 0.3) is 0 Å². The van der Waals surface area contributed by atoms with Crippen molar-refractivity contribution in [3.05, 3.63) is 11.6 Å². The first kappa shape index (κ1) is 22.3. The third-order valence-corrected chi connectivity index (χ3v) is 7.59. The van der Waals surface area contributed by atoms with Crippen LogP contribution in [0.3, 0.4) is 0 Å². The molecular weight excluding hydrogens is 372 g/mol. The number of cyclic esters (lactones) is 1. The minimum atomic E-state index is -1.88. The van der Waals surface area contributed by atoms with Crippen molar-refractivity contribution in [2.24, 2.45) is 16.7 Å². The highest BCUT2D eigenvalue weighted by Crippen LogP contribution is 2.63. The Kier molecular flexibility index (Phi) is 6.17. The van der Waals surface area contributed by atoms with Crippen LogP contribution in [0.5, 0.6) is 0 Å². The van der Waals surface area contributed by atoms with Crippen LogP contribution in [0.2, 0.25) is 0 Å². The summed E-state index contributed by atoms with van der Waals surface area (Å²) in [6, 6.07) is 0. The van der Waals surface area contributed by atoms with Crippen LogP contribution in [-0.2, 0) is 19.1 Å². The maximum atomic E-state index is 12.6. The number of aliphatic hydroxyl groups excluding tert-OH is 1. The van der Waals surface area contributed by atoms with Gasteiger partial charge >= 0.3 is 11.9 Å². The smallest absolute Gasteiger partial charge is 0.343 e. The van der Waals surface area contributed by atoms with Crippen LogP contribution in [0.1, 0.15) is 79.1 Å². The number of carbonyl (C=O) groups is 2. The highest BCUT2D eigenvalue weighted by molar-refractivity contribution is 5.88. The van der Waals surface area contributed by atoms with E-state index in [1.807, 2.05) is 0 Å². The number of esters is 2. The topological polar surface area (TPSA) is 93.1 Å². The van der Waals surface area contributed by atoms with Gasteiger partial charge in [-0.25, -0.2) is 4.79 Å². The zero-order valence-electron chi connectivity index (χ0n) is 18.2. The normalized spacial score (nSPS) is 37.9. The van der Waals surface area contributed by atoms with Crippen molar-refractivity contribution in [3.8, 4) is 0 Å². The minimum absolute atomic E-state index is 0.0319. The molecule has 2 aliphatic carbocycles. The van der Waals surface area contributed by atoms with Crippen molar-refractivity contribution in [3.63, 3.8) is 0 Å². The fraction of sp³-hybridized carbons (Fsp3) is 0.826. The Morgan fingerprint density at radius 3 is 2.62 bits per heavy atom. The lowest BCUT2D eigenvalue weighted by Gasteiger charge is -2.60. The number of hydrogen-bond acceptors (Lipinski definition) is 6. The molecule has 3 rings (SSSR count). The summed E-state index contributed by atoms with van der Waals surface area (Å²) in [7, 11) is 0. The van der Waals surface area contributed by atoms with Crippen LogP contribution < -0.4 is 0 Å². The lowest BCUT2D eigenvalue weighted by molar-refractivity contribution is -0.225. The summed E-state index contributed by atoms with van der Waals surface area (Å²) in [5.74, 6) is -1.38. The predicted octanol–water partition coefficient (Wildman–Crippen LogP) is 3.29. The second kappa shape index (κ2) is 8.03. The SMILES string of the molecule is CCCCCCCC(=O)OC1C=C2COC(=O)C2(O)C2(C)C(O)CCC(C)(C)C12. The molecule has 5 atom stereocenters. The van der Waals surface area contributed by atoms with E-state index in [1.54, 1.807) is 13.0 Å². The van der Waals surface area contributed by atoms with E-state index in [9.17, 15) is 19.8 Å². The molecule has 164 valence electrons. The van der Waals surface area contributed by atoms with Crippen molar-refractivity contribution >= 4 is 11.9 Å². The van der Waals surface area contributed by atoms with E-state index >= 15 is 0 Å². The Labute approximate surface area is 173 Å². The summed E-state index contributed by atoms with van der Waals surface area (Å²) >= 11 is 0. The Morgan fingerprint density at radius 1 is 1.24 bits per heavy atom. The molecule has 0 spiro atoms. The van der Waals surface area contributed by atoms with Crippen LogP contribution in [0.25, 0.3) is 0 Å². The van der Waals surface area contributed by atoms with Crippen LogP contribution in [-0.4, -0.2) is 46.6 Å². The Hall–Kier alpha value is -1.40. The summed E-state index contributed by atoms with van der Waals surface area (Å²) in [5, 5.41) is 22.4. The van der Waals surface area contributed by atoms with Crippen molar-refractivity contribution in [2.75, 3.05) is 6.61 Å².